The summed E-state index contributed by atoms with van der Waals surface area (Å²) in [4.78, 5) is 4.23. The van der Waals surface area contributed by atoms with Crippen LogP contribution in [0.1, 0.15) is 19.4 Å². The van der Waals surface area contributed by atoms with Crippen molar-refractivity contribution in [1.82, 2.24) is 14.6 Å². The van der Waals surface area contributed by atoms with E-state index in [4.69, 9.17) is 5.73 Å². The van der Waals surface area contributed by atoms with Gasteiger partial charge in [-0.3, -0.25) is 0 Å². The lowest BCUT2D eigenvalue weighted by Crippen LogP contribution is -2.29. The number of fused-ring (bicyclic) bond motifs is 1. The van der Waals surface area contributed by atoms with Gasteiger partial charge in [0.05, 0.1) is 6.20 Å². The predicted molar refractivity (Wildman–Crippen MR) is 50.2 cm³/mol. The molecule has 0 spiro atoms. The van der Waals surface area contributed by atoms with Crippen LogP contribution in [0.4, 0.5) is 0 Å². The highest BCUT2D eigenvalue weighted by molar-refractivity contribution is 5.36. The minimum Gasteiger partial charge on any atom is -0.322 e. The Bertz CT molecular complexity index is 424. The van der Waals surface area contributed by atoms with Gasteiger partial charge in [-0.1, -0.05) is 0 Å². The SMILES string of the molecule is CC(C)(N)c1cnc2ccnn2c1. The third kappa shape index (κ3) is 1.40. The summed E-state index contributed by atoms with van der Waals surface area (Å²) in [6.45, 7) is 3.89. The van der Waals surface area contributed by atoms with E-state index in [-0.39, 0.29) is 5.54 Å². The zero-order valence-corrected chi connectivity index (χ0v) is 7.73. The van der Waals surface area contributed by atoms with Gasteiger partial charge in [-0.2, -0.15) is 5.10 Å². The smallest absolute Gasteiger partial charge is 0.154 e. The van der Waals surface area contributed by atoms with Crippen LogP contribution in [-0.2, 0) is 5.54 Å². The highest BCUT2D eigenvalue weighted by Gasteiger charge is 2.14. The molecule has 4 heteroatoms. The van der Waals surface area contributed by atoms with Crippen LogP contribution in [0, 0.1) is 0 Å². The Kier molecular flexibility index (Phi) is 1.60. The van der Waals surface area contributed by atoms with Gasteiger partial charge in [0.15, 0.2) is 5.65 Å². The average Bonchev–Trinajstić information content (AvgIpc) is 2.47. The summed E-state index contributed by atoms with van der Waals surface area (Å²) in [5.74, 6) is 0. The molecule has 0 amide bonds. The van der Waals surface area contributed by atoms with Crippen molar-refractivity contribution >= 4 is 5.65 Å². The van der Waals surface area contributed by atoms with E-state index in [1.165, 1.54) is 0 Å². The second-order valence-corrected chi connectivity index (χ2v) is 3.70. The minimum atomic E-state index is -0.368. The fourth-order valence-electron chi connectivity index (χ4n) is 1.14. The Morgan fingerprint density at radius 2 is 2.23 bits per heavy atom. The summed E-state index contributed by atoms with van der Waals surface area (Å²) in [5, 5.41) is 4.09. The van der Waals surface area contributed by atoms with Crippen molar-refractivity contribution in [2.75, 3.05) is 0 Å². The molecular weight excluding hydrogens is 164 g/mol. The molecule has 2 aromatic rings. The summed E-state index contributed by atoms with van der Waals surface area (Å²) in [6, 6.07) is 1.85. The first-order valence-corrected chi connectivity index (χ1v) is 4.16. The third-order valence-corrected chi connectivity index (χ3v) is 1.99. The van der Waals surface area contributed by atoms with Gasteiger partial charge in [-0.25, -0.2) is 9.50 Å². The molecule has 4 nitrogen and oxygen atoms in total. The van der Waals surface area contributed by atoms with Crippen molar-refractivity contribution < 1.29 is 0 Å². The molecule has 0 atom stereocenters. The number of hydrogen-bond acceptors (Lipinski definition) is 3. The lowest BCUT2D eigenvalue weighted by Gasteiger charge is -2.17. The maximum Gasteiger partial charge on any atom is 0.154 e. The third-order valence-electron chi connectivity index (χ3n) is 1.99. The largest absolute Gasteiger partial charge is 0.322 e. The van der Waals surface area contributed by atoms with E-state index in [0.717, 1.165) is 11.2 Å². The molecule has 2 rings (SSSR count). The van der Waals surface area contributed by atoms with Gasteiger partial charge in [0.25, 0.3) is 0 Å². The second-order valence-electron chi connectivity index (χ2n) is 3.70. The molecule has 0 aromatic carbocycles. The Morgan fingerprint density at radius 1 is 1.46 bits per heavy atom. The first kappa shape index (κ1) is 8.19. The molecule has 0 aliphatic rings. The molecule has 0 saturated heterocycles. The van der Waals surface area contributed by atoms with Crippen LogP contribution in [0.5, 0.6) is 0 Å². The molecule has 13 heavy (non-hydrogen) atoms. The van der Waals surface area contributed by atoms with E-state index < -0.39 is 0 Å². The van der Waals surface area contributed by atoms with E-state index in [1.54, 1.807) is 16.9 Å². The lowest BCUT2D eigenvalue weighted by molar-refractivity contribution is 0.547. The number of nitrogens with zero attached hydrogens (tertiary/aromatic N) is 3. The summed E-state index contributed by atoms with van der Waals surface area (Å²) < 4.78 is 1.73. The van der Waals surface area contributed by atoms with Crippen LogP contribution in [0.2, 0.25) is 0 Å². The van der Waals surface area contributed by atoms with Crippen molar-refractivity contribution in [3.05, 3.63) is 30.2 Å². The average molecular weight is 176 g/mol. The fourth-order valence-corrected chi connectivity index (χ4v) is 1.14. The quantitative estimate of drug-likeness (QED) is 0.703. The standard InChI is InChI=1S/C9H12N4/c1-9(2,10)7-5-11-8-3-4-12-13(8)6-7/h3-6H,10H2,1-2H3. The highest BCUT2D eigenvalue weighted by Crippen LogP contribution is 2.15. The Hall–Kier alpha value is -1.42. The van der Waals surface area contributed by atoms with E-state index in [2.05, 4.69) is 10.1 Å². The summed E-state index contributed by atoms with van der Waals surface area (Å²) in [7, 11) is 0. The van der Waals surface area contributed by atoms with Gasteiger partial charge in [-0.05, 0) is 13.8 Å². The molecule has 2 N–H and O–H groups in total. The molecule has 0 fully saturated rings. The first-order chi connectivity index (χ1) is 6.07. The van der Waals surface area contributed by atoms with Gasteiger partial charge in [0.1, 0.15) is 0 Å². The number of aromatic nitrogens is 3. The van der Waals surface area contributed by atoms with Crippen LogP contribution in [0.25, 0.3) is 5.65 Å². The van der Waals surface area contributed by atoms with Crippen molar-refractivity contribution in [2.45, 2.75) is 19.4 Å². The monoisotopic (exact) mass is 176 g/mol. The molecule has 0 saturated carbocycles. The zero-order valence-electron chi connectivity index (χ0n) is 7.73. The van der Waals surface area contributed by atoms with Crippen LogP contribution in [0.3, 0.4) is 0 Å². The second kappa shape index (κ2) is 2.53. The Morgan fingerprint density at radius 3 is 2.92 bits per heavy atom. The molecular formula is C9H12N4. The predicted octanol–water partition coefficient (Wildman–Crippen LogP) is 0.923. The Balaban J connectivity index is 2.61. The van der Waals surface area contributed by atoms with Crippen LogP contribution >= 0.6 is 0 Å². The maximum atomic E-state index is 5.94. The van der Waals surface area contributed by atoms with Gasteiger partial charge >= 0.3 is 0 Å². The van der Waals surface area contributed by atoms with E-state index in [9.17, 15) is 0 Å². The normalized spacial score (nSPS) is 12.2. The topological polar surface area (TPSA) is 56.2 Å². The van der Waals surface area contributed by atoms with Gasteiger partial charge < -0.3 is 5.73 Å². The van der Waals surface area contributed by atoms with E-state index >= 15 is 0 Å². The van der Waals surface area contributed by atoms with Crippen molar-refractivity contribution in [1.29, 1.82) is 0 Å². The molecule has 0 aliphatic carbocycles. The molecule has 0 radical (unpaired) electrons. The van der Waals surface area contributed by atoms with Crippen LogP contribution < -0.4 is 5.73 Å². The number of rotatable bonds is 1. The summed E-state index contributed by atoms with van der Waals surface area (Å²) in [5.41, 5.74) is 7.38. The van der Waals surface area contributed by atoms with Crippen LogP contribution in [-0.4, -0.2) is 14.6 Å². The van der Waals surface area contributed by atoms with Gasteiger partial charge in [-0.15, -0.1) is 0 Å². The van der Waals surface area contributed by atoms with Crippen molar-refractivity contribution in [3.8, 4) is 0 Å². The molecule has 2 aromatic heterocycles. The minimum absolute atomic E-state index is 0.368. The molecule has 0 bridgehead atoms. The molecule has 68 valence electrons. The maximum absolute atomic E-state index is 5.94. The van der Waals surface area contributed by atoms with E-state index in [0.29, 0.717) is 0 Å². The Labute approximate surface area is 76.4 Å². The lowest BCUT2D eigenvalue weighted by atomic mass is 9.99. The van der Waals surface area contributed by atoms with Crippen molar-refractivity contribution in [2.24, 2.45) is 5.73 Å². The van der Waals surface area contributed by atoms with Crippen molar-refractivity contribution in [3.63, 3.8) is 0 Å². The zero-order chi connectivity index (χ0) is 9.47. The van der Waals surface area contributed by atoms with Crippen LogP contribution in [0.15, 0.2) is 24.7 Å². The number of nitrogens with two attached hydrogens (primary N) is 1. The first-order valence-electron chi connectivity index (χ1n) is 4.16. The van der Waals surface area contributed by atoms with Gasteiger partial charge in [0, 0.05) is 29.6 Å². The summed E-state index contributed by atoms with van der Waals surface area (Å²) in [6.07, 6.45) is 5.41. The highest BCUT2D eigenvalue weighted by atomic mass is 15.2. The molecule has 0 unspecified atom stereocenters. The van der Waals surface area contributed by atoms with Gasteiger partial charge in [0.2, 0.25) is 0 Å². The molecule has 0 aliphatic heterocycles. The van der Waals surface area contributed by atoms with E-state index in [1.807, 2.05) is 26.1 Å². The molecule has 2 heterocycles. The summed E-state index contributed by atoms with van der Waals surface area (Å²) >= 11 is 0. The fraction of sp³-hybridized carbons (Fsp3) is 0.333. The number of hydrogen-bond donors (Lipinski definition) is 1.